The zero-order valence-corrected chi connectivity index (χ0v) is 25.1. The van der Waals surface area contributed by atoms with Crippen molar-refractivity contribution in [2.45, 2.75) is 84.8 Å². The van der Waals surface area contributed by atoms with Crippen molar-refractivity contribution in [1.82, 2.24) is 25.4 Å². The molecule has 0 spiro atoms. The summed E-state index contributed by atoms with van der Waals surface area (Å²) in [6, 6.07) is 8.76. The predicted molar refractivity (Wildman–Crippen MR) is 158 cm³/mol. The second-order valence-corrected chi connectivity index (χ2v) is 11.3. The molecule has 1 aliphatic rings. The molecule has 0 saturated carbocycles. The van der Waals surface area contributed by atoms with Crippen molar-refractivity contribution in [2.75, 3.05) is 0 Å². The number of aromatic amines is 1. The maximum atomic E-state index is 14.2. The predicted octanol–water partition coefficient (Wildman–Crippen LogP) is 4.25. The van der Waals surface area contributed by atoms with E-state index in [4.69, 9.17) is 0 Å². The van der Waals surface area contributed by atoms with E-state index in [0.29, 0.717) is 54.6 Å². The molecule has 3 N–H and O–H groups in total. The highest BCUT2D eigenvalue weighted by atomic mass is 19.1. The maximum absolute atomic E-state index is 14.2. The smallest absolute Gasteiger partial charge is 0.311 e. The van der Waals surface area contributed by atoms with E-state index in [1.807, 2.05) is 0 Å². The van der Waals surface area contributed by atoms with Crippen LogP contribution in [0.1, 0.15) is 91.1 Å². The number of aromatic nitrogens is 3. The van der Waals surface area contributed by atoms with Crippen LogP contribution in [0.5, 0.6) is 0 Å². The number of H-pyrrole nitrogens is 1. The molecule has 3 heterocycles. The molecule has 11 heteroatoms. The molecule has 0 radical (unpaired) electrons. The Labute approximate surface area is 249 Å². The van der Waals surface area contributed by atoms with Gasteiger partial charge in [-0.05, 0) is 81.8 Å². The van der Waals surface area contributed by atoms with Crippen LogP contribution in [0.2, 0.25) is 0 Å². The van der Waals surface area contributed by atoms with Gasteiger partial charge in [0.2, 0.25) is 5.91 Å². The first-order valence-corrected chi connectivity index (χ1v) is 14.5. The lowest BCUT2D eigenvalue weighted by Crippen LogP contribution is -2.55. The number of hydrogen-bond donors (Lipinski definition) is 3. The molecule has 1 saturated heterocycles. The third kappa shape index (κ3) is 6.35. The minimum atomic E-state index is -1.19. The third-order valence-electron chi connectivity index (χ3n) is 8.73. The van der Waals surface area contributed by atoms with Crippen LogP contribution in [0.15, 0.2) is 47.3 Å². The van der Waals surface area contributed by atoms with Crippen LogP contribution in [0.4, 0.5) is 4.39 Å². The van der Waals surface area contributed by atoms with Crippen LogP contribution in [-0.4, -0.2) is 55.1 Å². The largest absolute Gasteiger partial charge is 0.481 e. The summed E-state index contributed by atoms with van der Waals surface area (Å²) in [5.74, 6) is -2.45. The number of aliphatic carboxylic acids is 1. The lowest BCUT2D eigenvalue weighted by molar-refractivity contribution is -0.157. The summed E-state index contributed by atoms with van der Waals surface area (Å²) in [4.78, 5) is 58.0. The van der Waals surface area contributed by atoms with Gasteiger partial charge < -0.3 is 15.3 Å². The number of hydrogen-bond acceptors (Lipinski definition) is 6. The minimum Gasteiger partial charge on any atom is -0.481 e. The molecule has 0 aliphatic carbocycles. The van der Waals surface area contributed by atoms with E-state index in [2.05, 4.69) is 20.5 Å². The SMILES string of the molecule is CCC(CC)(C(=O)O)[C@H]1CC[C@@H](c2cccc(F)c2)N1C(=O)[C@@H](C)NC(=O)c1ccc(Cc2cc(C)n[nH]c2=O)c(C)n1. The second kappa shape index (κ2) is 12.8. The highest BCUT2D eigenvalue weighted by molar-refractivity contribution is 5.96. The molecule has 10 nitrogen and oxygen atoms in total. The summed E-state index contributed by atoms with van der Waals surface area (Å²) in [5.41, 5.74) is 1.72. The van der Waals surface area contributed by atoms with Crippen molar-refractivity contribution in [2.24, 2.45) is 5.41 Å². The molecule has 1 aromatic carbocycles. The third-order valence-corrected chi connectivity index (χ3v) is 8.73. The topological polar surface area (TPSA) is 145 Å². The number of aryl methyl sites for hydroxylation is 2. The maximum Gasteiger partial charge on any atom is 0.311 e. The van der Waals surface area contributed by atoms with Crippen molar-refractivity contribution in [3.8, 4) is 0 Å². The number of nitrogens with zero attached hydrogens (tertiary/aromatic N) is 3. The fourth-order valence-electron chi connectivity index (χ4n) is 6.22. The highest BCUT2D eigenvalue weighted by Crippen LogP contribution is 2.47. The number of benzene rings is 1. The highest BCUT2D eigenvalue weighted by Gasteiger charge is 2.52. The summed E-state index contributed by atoms with van der Waals surface area (Å²) in [7, 11) is 0. The van der Waals surface area contributed by atoms with Crippen molar-refractivity contribution in [3.05, 3.63) is 92.4 Å². The van der Waals surface area contributed by atoms with Gasteiger partial charge in [0.05, 0.1) is 17.2 Å². The number of carbonyl (C=O) groups excluding carboxylic acids is 2. The number of pyridine rings is 1. The minimum absolute atomic E-state index is 0.0994. The normalized spacial score (nSPS) is 17.5. The first-order valence-electron chi connectivity index (χ1n) is 14.5. The Morgan fingerprint density at radius 3 is 2.47 bits per heavy atom. The number of nitrogens with one attached hydrogen (secondary N) is 2. The van der Waals surface area contributed by atoms with E-state index in [0.717, 1.165) is 5.56 Å². The Bertz CT molecular complexity index is 1580. The fraction of sp³-hybridized carbons (Fsp3) is 0.438. The van der Waals surface area contributed by atoms with Gasteiger partial charge >= 0.3 is 5.97 Å². The van der Waals surface area contributed by atoms with Crippen molar-refractivity contribution < 1.29 is 23.9 Å². The van der Waals surface area contributed by atoms with Gasteiger partial charge in [-0.25, -0.2) is 14.5 Å². The Morgan fingerprint density at radius 2 is 1.84 bits per heavy atom. The van der Waals surface area contributed by atoms with E-state index in [1.54, 1.807) is 63.8 Å². The monoisotopic (exact) mass is 591 g/mol. The summed E-state index contributed by atoms with van der Waals surface area (Å²) >= 11 is 0. The van der Waals surface area contributed by atoms with E-state index in [-0.39, 0.29) is 11.3 Å². The van der Waals surface area contributed by atoms with Gasteiger partial charge in [0, 0.05) is 23.7 Å². The molecule has 3 atom stereocenters. The Hall–Kier alpha value is -4.41. The molecule has 2 amide bonds. The molecule has 1 fully saturated rings. The number of carbonyl (C=O) groups is 3. The Kier molecular flexibility index (Phi) is 9.42. The van der Waals surface area contributed by atoms with Crippen molar-refractivity contribution in [3.63, 3.8) is 0 Å². The van der Waals surface area contributed by atoms with E-state index < -0.39 is 47.1 Å². The molecule has 4 rings (SSSR count). The Morgan fingerprint density at radius 1 is 1.12 bits per heavy atom. The van der Waals surface area contributed by atoms with Crippen molar-refractivity contribution >= 4 is 17.8 Å². The van der Waals surface area contributed by atoms with Gasteiger partial charge in [0.25, 0.3) is 11.5 Å². The summed E-state index contributed by atoms with van der Waals surface area (Å²) in [6.07, 6.45) is 1.84. The number of halogens is 1. The van der Waals surface area contributed by atoms with Gasteiger partial charge in [0.15, 0.2) is 0 Å². The first-order chi connectivity index (χ1) is 20.4. The number of carboxylic acid groups (broad SMARTS) is 1. The quantitative estimate of drug-likeness (QED) is 0.320. The average Bonchev–Trinajstić information content (AvgIpc) is 3.41. The molecule has 3 aromatic rings. The molecule has 2 aromatic heterocycles. The molecular formula is C32H38FN5O5. The zero-order chi connectivity index (χ0) is 31.5. The van der Waals surface area contributed by atoms with Crippen LogP contribution in [-0.2, 0) is 16.0 Å². The van der Waals surface area contributed by atoms with E-state index >= 15 is 0 Å². The summed E-state index contributed by atoms with van der Waals surface area (Å²) < 4.78 is 14.2. The van der Waals surface area contributed by atoms with Gasteiger partial charge in [-0.15, -0.1) is 0 Å². The molecule has 0 bridgehead atoms. The van der Waals surface area contributed by atoms with Gasteiger partial charge in [-0.2, -0.15) is 5.10 Å². The molecular weight excluding hydrogens is 553 g/mol. The molecule has 0 unspecified atom stereocenters. The Balaban J connectivity index is 1.58. The lowest BCUT2D eigenvalue weighted by atomic mass is 9.74. The first kappa shape index (κ1) is 31.5. The fourth-order valence-corrected chi connectivity index (χ4v) is 6.22. The van der Waals surface area contributed by atoms with Crippen molar-refractivity contribution in [1.29, 1.82) is 0 Å². The lowest BCUT2D eigenvalue weighted by Gasteiger charge is -2.42. The van der Waals surface area contributed by atoms with Crippen LogP contribution in [0.3, 0.4) is 0 Å². The van der Waals surface area contributed by atoms with E-state index in [9.17, 15) is 28.7 Å². The average molecular weight is 592 g/mol. The number of carboxylic acids is 1. The van der Waals surface area contributed by atoms with Crippen LogP contribution >= 0.6 is 0 Å². The molecule has 228 valence electrons. The molecule has 43 heavy (non-hydrogen) atoms. The van der Waals surface area contributed by atoms with E-state index in [1.165, 1.54) is 18.2 Å². The van der Waals surface area contributed by atoms with Gasteiger partial charge in [0.1, 0.15) is 17.6 Å². The molecule has 1 aliphatic heterocycles. The van der Waals surface area contributed by atoms with Crippen LogP contribution in [0, 0.1) is 25.1 Å². The summed E-state index contributed by atoms with van der Waals surface area (Å²) in [5, 5.41) is 19.4. The number of rotatable bonds is 10. The zero-order valence-electron chi connectivity index (χ0n) is 25.1. The number of amides is 2. The number of likely N-dealkylation sites (tertiary alicyclic amines) is 1. The standard InChI is InChI=1S/C32H38FN5O5/c1-6-32(7-2,31(42)43)27-14-13-26(22-9-8-10-24(33)17-22)38(27)30(41)20(5)35-29(40)25-12-11-21(19(4)34-25)16-23-15-18(3)36-37-28(23)39/h8-12,15,17,20,26-27H,6-7,13-14,16H2,1-5H3,(H,35,40)(H,37,39)(H,42,43)/t20-,26+,27-/m1/s1. The second-order valence-electron chi connectivity index (χ2n) is 11.3. The van der Waals surface area contributed by atoms with Gasteiger partial charge in [-0.1, -0.05) is 32.0 Å². The van der Waals surface area contributed by atoms with Crippen LogP contribution < -0.4 is 10.9 Å². The summed E-state index contributed by atoms with van der Waals surface area (Å²) in [6.45, 7) is 8.66. The van der Waals surface area contributed by atoms with Gasteiger partial charge in [-0.3, -0.25) is 19.2 Å². The van der Waals surface area contributed by atoms with Crippen LogP contribution in [0.25, 0.3) is 0 Å².